The molecule has 0 unspecified atom stereocenters. The van der Waals surface area contributed by atoms with Gasteiger partial charge in [-0.3, -0.25) is 9.59 Å². The maximum Gasteiger partial charge on any atom is 0.227 e. The standard InChI is InChI=1S/C16H19IN2O2/c17-13-3-1-2-4-14(13)18-15(20)11-7-9-19(10-8-11)16(21)12-5-6-12/h1-4,11-12H,5-10H2,(H,18,20). The Morgan fingerprint density at radius 2 is 1.71 bits per heavy atom. The SMILES string of the molecule is O=C(Nc1ccccc1I)C1CCN(C(=O)C2CC2)CC1. The molecule has 21 heavy (non-hydrogen) atoms. The Hall–Kier alpha value is -1.11. The van der Waals surface area contributed by atoms with Gasteiger partial charge in [-0.2, -0.15) is 0 Å². The predicted octanol–water partition coefficient (Wildman–Crippen LogP) is 2.88. The molecule has 112 valence electrons. The van der Waals surface area contributed by atoms with Crippen LogP contribution in [0.25, 0.3) is 0 Å². The van der Waals surface area contributed by atoms with Gasteiger partial charge in [-0.05, 0) is 60.4 Å². The number of nitrogens with one attached hydrogen (secondary N) is 1. The zero-order valence-electron chi connectivity index (χ0n) is 11.8. The quantitative estimate of drug-likeness (QED) is 0.797. The van der Waals surface area contributed by atoms with E-state index < -0.39 is 0 Å². The number of piperidine rings is 1. The molecule has 2 amide bonds. The largest absolute Gasteiger partial charge is 0.342 e. The molecule has 1 aromatic carbocycles. The summed E-state index contributed by atoms with van der Waals surface area (Å²) in [6.07, 6.45) is 3.64. The van der Waals surface area contributed by atoms with Crippen LogP contribution in [0.4, 0.5) is 5.69 Å². The van der Waals surface area contributed by atoms with Crippen LogP contribution < -0.4 is 5.32 Å². The van der Waals surface area contributed by atoms with Crippen molar-refractivity contribution in [2.75, 3.05) is 18.4 Å². The summed E-state index contributed by atoms with van der Waals surface area (Å²) in [6, 6.07) is 7.78. The van der Waals surface area contributed by atoms with Crippen LogP contribution in [0, 0.1) is 15.4 Å². The van der Waals surface area contributed by atoms with Crippen LogP contribution in [0.3, 0.4) is 0 Å². The third-order valence-electron chi connectivity index (χ3n) is 4.24. The van der Waals surface area contributed by atoms with Crippen molar-refractivity contribution in [2.45, 2.75) is 25.7 Å². The molecule has 0 atom stereocenters. The van der Waals surface area contributed by atoms with Crippen molar-refractivity contribution in [3.8, 4) is 0 Å². The van der Waals surface area contributed by atoms with E-state index in [4.69, 9.17) is 0 Å². The first-order chi connectivity index (χ1) is 10.1. The van der Waals surface area contributed by atoms with Gasteiger partial charge in [-0.15, -0.1) is 0 Å². The van der Waals surface area contributed by atoms with Crippen molar-refractivity contribution in [3.63, 3.8) is 0 Å². The van der Waals surface area contributed by atoms with Gasteiger partial charge in [0.25, 0.3) is 0 Å². The molecule has 3 rings (SSSR count). The van der Waals surface area contributed by atoms with Gasteiger partial charge in [-0.25, -0.2) is 0 Å². The Labute approximate surface area is 138 Å². The van der Waals surface area contributed by atoms with E-state index in [0.29, 0.717) is 5.91 Å². The fourth-order valence-corrected chi connectivity index (χ4v) is 3.27. The van der Waals surface area contributed by atoms with E-state index in [9.17, 15) is 9.59 Å². The lowest BCUT2D eigenvalue weighted by Crippen LogP contribution is -2.42. The monoisotopic (exact) mass is 398 g/mol. The molecule has 2 aliphatic rings. The number of carbonyl (C=O) groups excluding carboxylic acids is 2. The number of benzene rings is 1. The second kappa shape index (κ2) is 6.34. The molecule has 0 radical (unpaired) electrons. The van der Waals surface area contributed by atoms with Crippen LogP contribution in [0.15, 0.2) is 24.3 Å². The second-order valence-corrected chi connectivity index (χ2v) is 7.01. The van der Waals surface area contributed by atoms with E-state index in [1.54, 1.807) is 0 Å². The van der Waals surface area contributed by atoms with Crippen LogP contribution in [0.2, 0.25) is 0 Å². The minimum Gasteiger partial charge on any atom is -0.342 e. The smallest absolute Gasteiger partial charge is 0.227 e. The summed E-state index contributed by atoms with van der Waals surface area (Å²) in [7, 11) is 0. The number of halogens is 1. The van der Waals surface area contributed by atoms with Crippen molar-refractivity contribution in [2.24, 2.45) is 11.8 Å². The van der Waals surface area contributed by atoms with Crippen LogP contribution in [-0.4, -0.2) is 29.8 Å². The van der Waals surface area contributed by atoms with Crippen molar-refractivity contribution < 1.29 is 9.59 Å². The van der Waals surface area contributed by atoms with Gasteiger partial charge < -0.3 is 10.2 Å². The number of carbonyl (C=O) groups is 2. The number of anilines is 1. The Bertz CT molecular complexity index is 549. The van der Waals surface area contributed by atoms with Crippen molar-refractivity contribution >= 4 is 40.1 Å². The summed E-state index contributed by atoms with van der Waals surface area (Å²) in [4.78, 5) is 26.3. The molecule has 5 heteroatoms. The molecule has 1 aromatic rings. The van der Waals surface area contributed by atoms with E-state index in [-0.39, 0.29) is 17.7 Å². The van der Waals surface area contributed by atoms with Gasteiger partial charge in [0.15, 0.2) is 0 Å². The van der Waals surface area contributed by atoms with Crippen molar-refractivity contribution in [1.82, 2.24) is 4.90 Å². The molecule has 1 N–H and O–H groups in total. The Morgan fingerprint density at radius 1 is 1.05 bits per heavy atom. The molecule has 1 saturated heterocycles. The lowest BCUT2D eigenvalue weighted by Gasteiger charge is -2.31. The molecule has 2 fully saturated rings. The highest BCUT2D eigenvalue weighted by molar-refractivity contribution is 14.1. The maximum absolute atomic E-state index is 12.3. The predicted molar refractivity (Wildman–Crippen MR) is 89.8 cm³/mol. The van der Waals surface area contributed by atoms with Gasteiger partial charge in [0.05, 0.1) is 5.69 Å². The highest BCUT2D eigenvalue weighted by Gasteiger charge is 2.35. The molecule has 4 nitrogen and oxygen atoms in total. The number of rotatable bonds is 3. The van der Waals surface area contributed by atoms with Gasteiger partial charge in [0.1, 0.15) is 0 Å². The van der Waals surface area contributed by atoms with E-state index >= 15 is 0 Å². The van der Waals surface area contributed by atoms with Crippen LogP contribution in [0.1, 0.15) is 25.7 Å². The van der Waals surface area contributed by atoms with Crippen LogP contribution >= 0.6 is 22.6 Å². The number of hydrogen-bond acceptors (Lipinski definition) is 2. The normalized spacial score (nSPS) is 19.4. The molecule has 1 heterocycles. The van der Waals surface area contributed by atoms with Gasteiger partial charge in [0, 0.05) is 28.5 Å². The third-order valence-corrected chi connectivity index (χ3v) is 5.18. The lowest BCUT2D eigenvalue weighted by molar-refractivity contribution is -0.135. The van der Waals surface area contributed by atoms with Crippen LogP contribution in [-0.2, 0) is 9.59 Å². The molecule has 1 saturated carbocycles. The summed E-state index contributed by atoms with van der Waals surface area (Å²) >= 11 is 2.22. The highest BCUT2D eigenvalue weighted by Crippen LogP contribution is 2.32. The molecule has 0 spiro atoms. The minimum atomic E-state index is 0.0178. The van der Waals surface area contributed by atoms with Crippen LogP contribution in [0.5, 0.6) is 0 Å². The summed E-state index contributed by atoms with van der Waals surface area (Å²) in [5, 5.41) is 3.01. The fourth-order valence-electron chi connectivity index (χ4n) is 2.75. The van der Waals surface area contributed by atoms with Gasteiger partial charge in [-0.1, -0.05) is 12.1 Å². The summed E-state index contributed by atoms with van der Waals surface area (Å²) in [6.45, 7) is 1.44. The van der Waals surface area contributed by atoms with E-state index in [2.05, 4.69) is 27.9 Å². The van der Waals surface area contributed by atoms with E-state index in [0.717, 1.165) is 48.0 Å². The molecule has 1 aliphatic carbocycles. The summed E-state index contributed by atoms with van der Waals surface area (Å²) in [5.41, 5.74) is 0.875. The Morgan fingerprint density at radius 3 is 2.33 bits per heavy atom. The highest BCUT2D eigenvalue weighted by atomic mass is 127. The first-order valence-corrected chi connectivity index (χ1v) is 8.57. The maximum atomic E-state index is 12.3. The molecule has 0 bridgehead atoms. The topological polar surface area (TPSA) is 49.4 Å². The van der Waals surface area contributed by atoms with Crippen molar-refractivity contribution in [3.05, 3.63) is 27.8 Å². The number of amides is 2. The number of likely N-dealkylation sites (tertiary alicyclic amines) is 1. The number of nitrogens with zero attached hydrogens (tertiary/aromatic N) is 1. The molecular formula is C16H19IN2O2. The average molecular weight is 398 g/mol. The second-order valence-electron chi connectivity index (χ2n) is 5.84. The Balaban J connectivity index is 1.53. The van der Waals surface area contributed by atoms with E-state index in [1.165, 1.54) is 0 Å². The lowest BCUT2D eigenvalue weighted by atomic mass is 9.95. The van der Waals surface area contributed by atoms with Crippen molar-refractivity contribution in [1.29, 1.82) is 0 Å². The summed E-state index contributed by atoms with van der Waals surface area (Å²) < 4.78 is 1.05. The Kier molecular flexibility index (Phi) is 4.47. The molecular weight excluding hydrogens is 379 g/mol. The first kappa shape index (κ1) is 14.8. The average Bonchev–Trinajstić information content (AvgIpc) is 3.34. The fraction of sp³-hybridized carbons (Fsp3) is 0.500. The molecule has 0 aromatic heterocycles. The zero-order chi connectivity index (χ0) is 14.8. The van der Waals surface area contributed by atoms with Gasteiger partial charge >= 0.3 is 0 Å². The summed E-state index contributed by atoms with van der Waals surface area (Å²) in [5.74, 6) is 0.676. The minimum absolute atomic E-state index is 0.0178. The third kappa shape index (κ3) is 3.56. The first-order valence-electron chi connectivity index (χ1n) is 7.49. The number of para-hydroxylation sites is 1. The van der Waals surface area contributed by atoms with Gasteiger partial charge in [0.2, 0.25) is 11.8 Å². The van der Waals surface area contributed by atoms with E-state index in [1.807, 2.05) is 29.2 Å². The zero-order valence-corrected chi connectivity index (χ0v) is 14.0. The number of hydrogen-bond donors (Lipinski definition) is 1. The molecule has 1 aliphatic heterocycles.